The SMILES string of the molecule is CC(=O)Nc1ccc(CC2(CN3CCCCC3)COC(=O)N2c2ccc(F)cc2)cc1. The number of rotatable bonds is 6. The average Bonchev–Trinajstić information content (AvgIpc) is 3.06. The summed E-state index contributed by atoms with van der Waals surface area (Å²) in [6.07, 6.45) is 3.70. The number of cyclic esters (lactones) is 1. The van der Waals surface area contributed by atoms with Crippen LogP contribution in [-0.4, -0.2) is 48.7 Å². The predicted octanol–water partition coefficient (Wildman–Crippen LogP) is 4.21. The van der Waals surface area contributed by atoms with Gasteiger partial charge < -0.3 is 15.0 Å². The molecule has 1 N–H and O–H groups in total. The number of halogens is 1. The van der Waals surface area contributed by atoms with Crippen molar-refractivity contribution in [1.82, 2.24) is 4.90 Å². The van der Waals surface area contributed by atoms with Crippen molar-refractivity contribution >= 4 is 23.4 Å². The van der Waals surface area contributed by atoms with Gasteiger partial charge in [0.2, 0.25) is 5.91 Å². The molecule has 1 unspecified atom stereocenters. The van der Waals surface area contributed by atoms with E-state index in [-0.39, 0.29) is 18.3 Å². The molecule has 0 radical (unpaired) electrons. The van der Waals surface area contributed by atoms with Crippen molar-refractivity contribution in [2.75, 3.05) is 36.5 Å². The first-order valence-corrected chi connectivity index (χ1v) is 10.8. The Morgan fingerprint density at radius 3 is 2.39 bits per heavy atom. The second kappa shape index (κ2) is 9.06. The lowest BCUT2D eigenvalue weighted by Gasteiger charge is -2.41. The summed E-state index contributed by atoms with van der Waals surface area (Å²) in [4.78, 5) is 28.2. The zero-order chi connectivity index (χ0) is 21.8. The Kier molecular flexibility index (Phi) is 6.23. The number of piperidine rings is 1. The summed E-state index contributed by atoms with van der Waals surface area (Å²) in [5, 5.41) is 2.78. The summed E-state index contributed by atoms with van der Waals surface area (Å²) in [7, 11) is 0. The van der Waals surface area contributed by atoms with E-state index in [4.69, 9.17) is 4.74 Å². The number of hydrogen-bond donors (Lipinski definition) is 1. The lowest BCUT2D eigenvalue weighted by Crippen LogP contribution is -2.57. The van der Waals surface area contributed by atoms with Gasteiger partial charge >= 0.3 is 6.09 Å². The van der Waals surface area contributed by atoms with E-state index in [9.17, 15) is 14.0 Å². The van der Waals surface area contributed by atoms with Gasteiger partial charge in [-0.2, -0.15) is 0 Å². The van der Waals surface area contributed by atoms with Gasteiger partial charge in [0.05, 0.1) is 0 Å². The Labute approximate surface area is 182 Å². The number of carbonyl (C=O) groups is 2. The highest BCUT2D eigenvalue weighted by Gasteiger charge is 2.49. The number of ether oxygens (including phenoxy) is 1. The van der Waals surface area contributed by atoms with Crippen LogP contribution in [-0.2, 0) is 16.0 Å². The maximum atomic E-state index is 13.5. The fourth-order valence-electron chi connectivity index (χ4n) is 4.61. The molecule has 0 bridgehead atoms. The molecule has 2 aliphatic rings. The summed E-state index contributed by atoms with van der Waals surface area (Å²) in [5.74, 6) is -0.460. The summed E-state index contributed by atoms with van der Waals surface area (Å²) >= 11 is 0. The van der Waals surface area contributed by atoms with Crippen LogP contribution in [0.25, 0.3) is 0 Å². The number of benzene rings is 2. The predicted molar refractivity (Wildman–Crippen MR) is 118 cm³/mol. The fourth-order valence-corrected chi connectivity index (χ4v) is 4.61. The first-order valence-electron chi connectivity index (χ1n) is 10.8. The highest BCUT2D eigenvalue weighted by Crippen LogP contribution is 2.35. The molecule has 2 aromatic carbocycles. The smallest absolute Gasteiger partial charge is 0.415 e. The Hall–Kier alpha value is -2.93. The van der Waals surface area contributed by atoms with Gasteiger partial charge in [-0.05, 0) is 67.9 Å². The van der Waals surface area contributed by atoms with E-state index in [1.807, 2.05) is 24.3 Å². The molecule has 2 aromatic rings. The maximum absolute atomic E-state index is 13.5. The summed E-state index contributed by atoms with van der Waals surface area (Å²) in [6, 6.07) is 13.7. The van der Waals surface area contributed by atoms with E-state index in [0.717, 1.165) is 37.2 Å². The van der Waals surface area contributed by atoms with E-state index in [2.05, 4.69) is 10.2 Å². The molecule has 0 spiro atoms. The molecule has 4 rings (SSSR count). The number of hydrogen-bond acceptors (Lipinski definition) is 4. The second-order valence-corrected chi connectivity index (χ2v) is 8.48. The van der Waals surface area contributed by atoms with Gasteiger partial charge in [-0.3, -0.25) is 9.69 Å². The normalized spacial score (nSPS) is 21.7. The third-order valence-electron chi connectivity index (χ3n) is 5.98. The van der Waals surface area contributed by atoms with Gasteiger partial charge in [-0.25, -0.2) is 9.18 Å². The van der Waals surface area contributed by atoms with Crippen LogP contribution in [0.3, 0.4) is 0 Å². The molecular weight excluding hydrogens is 397 g/mol. The molecule has 2 heterocycles. The van der Waals surface area contributed by atoms with E-state index in [1.54, 1.807) is 17.0 Å². The Balaban J connectivity index is 1.66. The molecule has 0 saturated carbocycles. The second-order valence-electron chi connectivity index (χ2n) is 8.48. The molecule has 0 aromatic heterocycles. The van der Waals surface area contributed by atoms with Crippen LogP contribution in [0.1, 0.15) is 31.7 Å². The summed E-state index contributed by atoms with van der Waals surface area (Å²) < 4.78 is 19.1. The van der Waals surface area contributed by atoms with E-state index in [0.29, 0.717) is 18.7 Å². The van der Waals surface area contributed by atoms with Crippen molar-refractivity contribution in [3.05, 3.63) is 59.9 Å². The average molecular weight is 426 g/mol. The zero-order valence-corrected chi connectivity index (χ0v) is 17.8. The molecule has 164 valence electrons. The molecule has 7 heteroatoms. The van der Waals surface area contributed by atoms with Crippen molar-refractivity contribution in [3.63, 3.8) is 0 Å². The van der Waals surface area contributed by atoms with E-state index < -0.39 is 11.6 Å². The van der Waals surface area contributed by atoms with Crippen LogP contribution in [0, 0.1) is 5.82 Å². The van der Waals surface area contributed by atoms with Crippen molar-refractivity contribution < 1.29 is 18.7 Å². The molecule has 0 aliphatic carbocycles. The van der Waals surface area contributed by atoms with Gasteiger partial charge in [-0.15, -0.1) is 0 Å². The minimum atomic E-state index is -0.595. The fraction of sp³-hybridized carbons (Fsp3) is 0.417. The number of amides is 2. The van der Waals surface area contributed by atoms with Crippen LogP contribution < -0.4 is 10.2 Å². The first-order chi connectivity index (χ1) is 14.9. The molecule has 2 fully saturated rings. The third-order valence-corrected chi connectivity index (χ3v) is 5.98. The maximum Gasteiger partial charge on any atom is 0.415 e. The van der Waals surface area contributed by atoms with Crippen molar-refractivity contribution in [2.45, 2.75) is 38.1 Å². The standard InChI is InChI=1S/C24H28FN3O3/c1-18(29)26-21-9-5-19(6-10-21)15-24(16-27-13-3-2-4-14-27)17-31-23(30)28(24)22-11-7-20(25)8-12-22/h5-12H,2-4,13-17H2,1H3,(H,26,29). The first kappa shape index (κ1) is 21.3. The minimum absolute atomic E-state index is 0.119. The van der Waals surface area contributed by atoms with Crippen LogP contribution in [0.15, 0.2) is 48.5 Å². The van der Waals surface area contributed by atoms with Crippen molar-refractivity contribution in [2.24, 2.45) is 0 Å². The molecule has 2 aliphatic heterocycles. The monoisotopic (exact) mass is 425 g/mol. The lowest BCUT2D eigenvalue weighted by atomic mass is 9.88. The third kappa shape index (κ3) is 4.88. The molecule has 6 nitrogen and oxygen atoms in total. The molecule has 31 heavy (non-hydrogen) atoms. The topological polar surface area (TPSA) is 61.9 Å². The van der Waals surface area contributed by atoms with Crippen LogP contribution in [0.2, 0.25) is 0 Å². The number of likely N-dealkylation sites (tertiary alicyclic amines) is 1. The van der Waals surface area contributed by atoms with Crippen LogP contribution >= 0.6 is 0 Å². The van der Waals surface area contributed by atoms with Crippen molar-refractivity contribution in [1.29, 1.82) is 0 Å². The molecular formula is C24H28FN3O3. The number of nitrogens with zero attached hydrogens (tertiary/aromatic N) is 2. The van der Waals surface area contributed by atoms with Crippen LogP contribution in [0.4, 0.5) is 20.6 Å². The molecule has 2 amide bonds. The Bertz CT molecular complexity index is 926. The molecule has 1 atom stereocenters. The van der Waals surface area contributed by atoms with E-state index >= 15 is 0 Å². The van der Waals surface area contributed by atoms with Gasteiger partial charge in [0.25, 0.3) is 0 Å². The quantitative estimate of drug-likeness (QED) is 0.753. The van der Waals surface area contributed by atoms with E-state index in [1.165, 1.54) is 25.5 Å². The van der Waals surface area contributed by atoms with Gasteiger partial charge in [0, 0.05) is 31.3 Å². The van der Waals surface area contributed by atoms with Gasteiger partial charge in [0.1, 0.15) is 18.0 Å². The largest absolute Gasteiger partial charge is 0.447 e. The molecule has 2 saturated heterocycles. The Morgan fingerprint density at radius 2 is 1.74 bits per heavy atom. The Morgan fingerprint density at radius 1 is 1.06 bits per heavy atom. The highest BCUT2D eigenvalue weighted by molar-refractivity contribution is 5.92. The number of carbonyl (C=O) groups excluding carboxylic acids is 2. The lowest BCUT2D eigenvalue weighted by molar-refractivity contribution is -0.114. The highest BCUT2D eigenvalue weighted by atomic mass is 19.1. The minimum Gasteiger partial charge on any atom is -0.447 e. The van der Waals surface area contributed by atoms with Crippen LogP contribution in [0.5, 0.6) is 0 Å². The number of nitrogens with one attached hydrogen (secondary N) is 1. The van der Waals surface area contributed by atoms with Crippen molar-refractivity contribution in [3.8, 4) is 0 Å². The van der Waals surface area contributed by atoms with Gasteiger partial charge in [-0.1, -0.05) is 18.6 Å². The number of anilines is 2. The zero-order valence-electron chi connectivity index (χ0n) is 17.8. The summed E-state index contributed by atoms with van der Waals surface area (Å²) in [5.41, 5.74) is 1.81. The van der Waals surface area contributed by atoms with Gasteiger partial charge in [0.15, 0.2) is 0 Å². The summed E-state index contributed by atoms with van der Waals surface area (Å²) in [6.45, 7) is 4.42.